The fourth-order valence-electron chi connectivity index (χ4n) is 3.52. The number of benzene rings is 1. The number of ether oxygens (including phenoxy) is 1. The number of amides is 3. The Balaban J connectivity index is 0.00000578. The van der Waals surface area contributed by atoms with Gasteiger partial charge in [-0.2, -0.15) is 8.42 Å². The van der Waals surface area contributed by atoms with E-state index in [2.05, 4.69) is 16.0 Å². The van der Waals surface area contributed by atoms with E-state index in [-0.39, 0.29) is 60.8 Å². The topological polar surface area (TPSA) is 171 Å². The van der Waals surface area contributed by atoms with Gasteiger partial charge < -0.3 is 25.8 Å². The quantitative estimate of drug-likeness (QED) is 0.162. The molecule has 11 nitrogen and oxygen atoms in total. The number of aliphatic hydroxyl groups is 1. The molecule has 1 aliphatic heterocycles. The first-order valence-electron chi connectivity index (χ1n) is 10.7. The molecule has 4 unspecified atom stereocenters. The molecule has 1 aromatic rings. The fourth-order valence-corrected chi connectivity index (χ4v) is 4.12. The molecular formula is C21H31N3NaO8S+. The van der Waals surface area contributed by atoms with E-state index in [1.54, 1.807) is 24.3 Å². The Morgan fingerprint density at radius 2 is 1.85 bits per heavy atom. The number of nitrogens with one attached hydrogen (secondary N) is 3. The zero-order valence-electron chi connectivity index (χ0n) is 19.6. The summed E-state index contributed by atoms with van der Waals surface area (Å²) >= 11 is 0. The van der Waals surface area contributed by atoms with Crippen molar-refractivity contribution in [2.24, 2.45) is 11.8 Å². The molecule has 1 aromatic carbocycles. The molecule has 2 rings (SSSR count). The first-order valence-corrected chi connectivity index (χ1v) is 12.2. The van der Waals surface area contributed by atoms with E-state index in [4.69, 9.17) is 4.74 Å². The van der Waals surface area contributed by atoms with Crippen LogP contribution >= 0.6 is 0 Å². The Bertz CT molecular complexity index is 929. The molecule has 13 heteroatoms. The fraction of sp³-hybridized carbons (Fsp3) is 0.571. The molecule has 3 amide bonds. The van der Waals surface area contributed by atoms with E-state index in [0.29, 0.717) is 13.0 Å². The summed E-state index contributed by atoms with van der Waals surface area (Å²) in [5.41, 5.74) is -1.58. The van der Waals surface area contributed by atoms with E-state index < -0.39 is 45.6 Å². The van der Waals surface area contributed by atoms with Crippen LogP contribution in [-0.4, -0.2) is 60.0 Å². The summed E-state index contributed by atoms with van der Waals surface area (Å²) in [6, 6.07) is 6.38. The van der Waals surface area contributed by atoms with Crippen LogP contribution in [0.5, 0.6) is 0 Å². The average Bonchev–Trinajstić information content (AvgIpc) is 3.14. The predicted octanol–water partition coefficient (Wildman–Crippen LogP) is -2.45. The summed E-state index contributed by atoms with van der Waals surface area (Å²) in [5.74, 6) is -1.77. The van der Waals surface area contributed by atoms with Gasteiger partial charge in [0.05, 0.1) is 6.04 Å². The molecular weight excluding hydrogens is 477 g/mol. The zero-order chi connectivity index (χ0) is 24.6. The van der Waals surface area contributed by atoms with Gasteiger partial charge in [0.15, 0.2) is 0 Å². The van der Waals surface area contributed by atoms with Crippen molar-refractivity contribution in [3.8, 4) is 0 Å². The van der Waals surface area contributed by atoms with Crippen molar-refractivity contribution in [1.82, 2.24) is 16.0 Å². The van der Waals surface area contributed by atoms with E-state index >= 15 is 0 Å². The summed E-state index contributed by atoms with van der Waals surface area (Å²) < 4.78 is 37.5. The minimum absolute atomic E-state index is 0. The number of hydrogen-bond donors (Lipinski definition) is 5. The smallest absolute Gasteiger partial charge is 0.445 e. The number of alkyl carbamates (subject to hydrolysis) is 1. The van der Waals surface area contributed by atoms with Crippen molar-refractivity contribution in [3.05, 3.63) is 35.9 Å². The van der Waals surface area contributed by atoms with Crippen LogP contribution in [0.1, 0.15) is 38.7 Å². The van der Waals surface area contributed by atoms with Crippen molar-refractivity contribution >= 4 is 28.0 Å². The summed E-state index contributed by atoms with van der Waals surface area (Å²) in [6.07, 6.45) is -0.458. The molecule has 0 aromatic heterocycles. The minimum atomic E-state index is -4.92. The molecule has 1 heterocycles. The second-order valence-electron chi connectivity index (χ2n) is 8.42. The largest absolute Gasteiger partial charge is 1.00 e. The maximum atomic E-state index is 12.9. The molecule has 0 aliphatic carbocycles. The summed E-state index contributed by atoms with van der Waals surface area (Å²) in [6.45, 7) is 4.02. The molecule has 4 atom stereocenters. The third-order valence-corrected chi connectivity index (χ3v) is 6.15. The second-order valence-corrected chi connectivity index (χ2v) is 9.93. The van der Waals surface area contributed by atoms with Crippen LogP contribution in [0.4, 0.5) is 4.79 Å². The first kappa shape index (κ1) is 30.3. The standard InChI is InChI=1S/C21H31N3O8S.Na/c1-13(2)10-16(24-21(28)32-12-14-6-4-3-5-7-14)19(26)23-17(20(27)33(29,30)31)11-15-8-9-22-18(15)25;/h3-7,13,15-17,20,27H,8-12H2,1-2H3,(H,22,25)(H,23,26)(H,24,28)(H,29,30,31);/q;+1. The van der Waals surface area contributed by atoms with Crippen LogP contribution in [0.15, 0.2) is 30.3 Å². The van der Waals surface area contributed by atoms with Gasteiger partial charge in [-0.05, 0) is 30.7 Å². The zero-order valence-corrected chi connectivity index (χ0v) is 22.4. The van der Waals surface area contributed by atoms with E-state index in [1.165, 1.54) is 0 Å². The van der Waals surface area contributed by atoms with Crippen LogP contribution in [0.2, 0.25) is 0 Å². The molecule has 1 aliphatic rings. The molecule has 0 radical (unpaired) electrons. The normalized spacial score (nSPS) is 18.3. The Kier molecular flexibility index (Phi) is 12.5. The average molecular weight is 509 g/mol. The van der Waals surface area contributed by atoms with Crippen molar-refractivity contribution in [3.63, 3.8) is 0 Å². The van der Waals surface area contributed by atoms with Gasteiger partial charge in [-0.1, -0.05) is 44.2 Å². The van der Waals surface area contributed by atoms with Gasteiger partial charge in [-0.3, -0.25) is 14.1 Å². The van der Waals surface area contributed by atoms with Gasteiger partial charge in [0.25, 0.3) is 10.1 Å². The number of aliphatic hydroxyl groups excluding tert-OH is 1. The summed E-state index contributed by atoms with van der Waals surface area (Å²) in [4.78, 5) is 37.1. The third kappa shape index (κ3) is 9.88. The maximum absolute atomic E-state index is 12.9. The van der Waals surface area contributed by atoms with Crippen LogP contribution in [0, 0.1) is 11.8 Å². The number of hydrogen-bond acceptors (Lipinski definition) is 7. The monoisotopic (exact) mass is 508 g/mol. The SMILES string of the molecule is CC(C)CC(NC(=O)OCc1ccccc1)C(=O)NC(CC1CCNC1=O)C(O)S(=O)(=O)O.[Na+]. The van der Waals surface area contributed by atoms with Crippen molar-refractivity contribution < 1.29 is 66.8 Å². The first-order chi connectivity index (χ1) is 15.5. The second kappa shape index (κ2) is 14.0. The third-order valence-electron chi connectivity index (χ3n) is 5.21. The van der Waals surface area contributed by atoms with Gasteiger partial charge in [0, 0.05) is 12.5 Å². The van der Waals surface area contributed by atoms with Gasteiger partial charge in [-0.15, -0.1) is 0 Å². The van der Waals surface area contributed by atoms with Crippen LogP contribution < -0.4 is 45.5 Å². The molecule has 0 saturated carbocycles. The summed E-state index contributed by atoms with van der Waals surface area (Å²) in [7, 11) is -4.92. The van der Waals surface area contributed by atoms with Gasteiger partial charge in [0.1, 0.15) is 12.6 Å². The Labute approximate surface area is 221 Å². The number of rotatable bonds is 11. The minimum Gasteiger partial charge on any atom is -0.445 e. The van der Waals surface area contributed by atoms with Gasteiger partial charge >= 0.3 is 35.7 Å². The van der Waals surface area contributed by atoms with Crippen LogP contribution in [-0.2, 0) is 31.1 Å². The molecule has 34 heavy (non-hydrogen) atoms. The maximum Gasteiger partial charge on any atom is 1.00 e. The molecule has 0 spiro atoms. The Morgan fingerprint density at radius 1 is 1.21 bits per heavy atom. The van der Waals surface area contributed by atoms with Crippen molar-refractivity contribution in [2.75, 3.05) is 6.54 Å². The van der Waals surface area contributed by atoms with Crippen LogP contribution in [0.3, 0.4) is 0 Å². The molecule has 1 fully saturated rings. The Morgan fingerprint density at radius 3 is 2.38 bits per heavy atom. The molecule has 5 N–H and O–H groups in total. The van der Waals surface area contributed by atoms with E-state index in [1.807, 2.05) is 19.9 Å². The van der Waals surface area contributed by atoms with Crippen LogP contribution in [0.25, 0.3) is 0 Å². The van der Waals surface area contributed by atoms with E-state index in [9.17, 15) is 32.5 Å². The summed E-state index contributed by atoms with van der Waals surface area (Å²) in [5, 5.41) is 17.5. The van der Waals surface area contributed by atoms with Crippen molar-refractivity contribution in [1.29, 1.82) is 0 Å². The van der Waals surface area contributed by atoms with E-state index in [0.717, 1.165) is 5.56 Å². The molecule has 1 saturated heterocycles. The van der Waals surface area contributed by atoms with Gasteiger partial charge in [0.2, 0.25) is 17.3 Å². The Hall–Kier alpha value is -1.70. The van der Waals surface area contributed by atoms with Gasteiger partial charge in [-0.25, -0.2) is 4.79 Å². The predicted molar refractivity (Wildman–Crippen MR) is 118 cm³/mol. The number of carbonyl (C=O) groups is 3. The molecule has 184 valence electrons. The van der Waals surface area contributed by atoms with Crippen molar-refractivity contribution in [2.45, 2.75) is 57.2 Å². The molecule has 0 bridgehead atoms. The number of carbonyl (C=O) groups excluding carboxylic acids is 3.